The number of Topliss-reactive ketones (excluding diaryl/α,β-unsaturated/α-hetero) is 1. The van der Waals surface area contributed by atoms with Crippen molar-refractivity contribution in [1.82, 2.24) is 4.90 Å². The molecule has 32 heavy (non-hydrogen) atoms. The van der Waals surface area contributed by atoms with E-state index in [0.29, 0.717) is 30.0 Å². The summed E-state index contributed by atoms with van der Waals surface area (Å²) in [6, 6.07) is 10.6. The van der Waals surface area contributed by atoms with Crippen molar-refractivity contribution < 1.29 is 29.4 Å². The largest absolute Gasteiger partial charge is 0.872 e. The SMILES string of the molecule is COc1ccccc1/C=C/C=C1\Oc2c(ccc([O-])c2C[NH+]2CCN(CCO)CC2)C1=O. The van der Waals surface area contributed by atoms with Gasteiger partial charge < -0.3 is 24.6 Å². The fourth-order valence-electron chi connectivity index (χ4n) is 4.18. The van der Waals surface area contributed by atoms with Crippen LogP contribution < -0.4 is 19.5 Å². The summed E-state index contributed by atoms with van der Waals surface area (Å²) in [5.41, 5.74) is 1.88. The van der Waals surface area contributed by atoms with Gasteiger partial charge >= 0.3 is 0 Å². The Morgan fingerprint density at radius 3 is 2.75 bits per heavy atom. The molecule has 2 heterocycles. The van der Waals surface area contributed by atoms with Crippen molar-refractivity contribution in [2.75, 3.05) is 46.4 Å². The highest BCUT2D eigenvalue weighted by molar-refractivity contribution is 6.12. The number of β-amino-alcohol motifs (C(OH)–C–C–N with tert-alkyl or cyclic N) is 1. The molecular weight excluding hydrogens is 408 g/mol. The van der Waals surface area contributed by atoms with E-state index in [0.717, 1.165) is 37.5 Å². The van der Waals surface area contributed by atoms with E-state index in [-0.39, 0.29) is 23.9 Å². The summed E-state index contributed by atoms with van der Waals surface area (Å²) in [7, 11) is 1.61. The number of hydrogen-bond donors (Lipinski definition) is 2. The Morgan fingerprint density at radius 1 is 1.22 bits per heavy atom. The highest BCUT2D eigenvalue weighted by Crippen LogP contribution is 2.37. The van der Waals surface area contributed by atoms with Crippen LogP contribution in [0.25, 0.3) is 6.08 Å². The highest BCUT2D eigenvalue weighted by Gasteiger charge is 2.31. The molecule has 0 spiro atoms. The number of quaternary nitrogens is 1. The maximum atomic E-state index is 12.8. The van der Waals surface area contributed by atoms with Gasteiger partial charge in [-0.2, -0.15) is 0 Å². The number of allylic oxidation sites excluding steroid dienone is 3. The van der Waals surface area contributed by atoms with Crippen molar-refractivity contribution in [3.63, 3.8) is 0 Å². The molecule has 2 aliphatic rings. The summed E-state index contributed by atoms with van der Waals surface area (Å²) >= 11 is 0. The maximum Gasteiger partial charge on any atom is 0.231 e. The molecule has 2 aliphatic heterocycles. The predicted octanol–water partition coefficient (Wildman–Crippen LogP) is 0.634. The van der Waals surface area contributed by atoms with Gasteiger partial charge in [0.25, 0.3) is 0 Å². The summed E-state index contributed by atoms with van der Waals surface area (Å²) in [5, 5.41) is 21.7. The van der Waals surface area contributed by atoms with E-state index in [4.69, 9.17) is 14.6 Å². The standard InChI is InChI=1S/C25H28N2O5/c1-31-22-7-3-2-5-18(22)6-4-8-23-24(30)19-9-10-21(29)20(25(19)32-23)17-27-13-11-26(12-14-27)15-16-28/h2-10,28-29H,11-17H2,1H3/b6-4+,23-8-. The molecule has 0 unspecified atom stereocenters. The molecule has 0 bridgehead atoms. The Hall–Kier alpha value is -3.13. The first kappa shape index (κ1) is 22.1. The van der Waals surface area contributed by atoms with E-state index in [1.807, 2.05) is 30.3 Å². The Bertz CT molecular complexity index is 1040. The zero-order valence-corrected chi connectivity index (χ0v) is 18.2. The third-order valence-corrected chi connectivity index (χ3v) is 5.97. The second-order valence-corrected chi connectivity index (χ2v) is 7.97. The molecule has 2 aromatic carbocycles. The van der Waals surface area contributed by atoms with E-state index < -0.39 is 0 Å². The zero-order chi connectivity index (χ0) is 22.5. The monoisotopic (exact) mass is 436 g/mol. The van der Waals surface area contributed by atoms with Gasteiger partial charge in [-0.3, -0.25) is 9.69 Å². The Labute approximate surface area is 187 Å². The number of rotatable bonds is 7. The van der Waals surface area contributed by atoms with Gasteiger partial charge in [-0.25, -0.2) is 0 Å². The fraction of sp³-hybridized carbons (Fsp3) is 0.320. The molecule has 1 saturated heterocycles. The van der Waals surface area contributed by atoms with Crippen molar-refractivity contribution in [1.29, 1.82) is 0 Å². The van der Waals surface area contributed by atoms with Crippen LogP contribution in [-0.2, 0) is 6.54 Å². The smallest absolute Gasteiger partial charge is 0.231 e. The number of aliphatic hydroxyl groups is 1. The Kier molecular flexibility index (Phi) is 6.90. The number of hydrogen-bond acceptors (Lipinski definition) is 6. The molecule has 4 rings (SSSR count). The summed E-state index contributed by atoms with van der Waals surface area (Å²) in [4.78, 5) is 16.3. The molecule has 1 fully saturated rings. The van der Waals surface area contributed by atoms with Gasteiger partial charge in [-0.1, -0.05) is 42.2 Å². The lowest BCUT2D eigenvalue weighted by Gasteiger charge is -2.32. The first-order chi connectivity index (χ1) is 15.6. The van der Waals surface area contributed by atoms with Crippen molar-refractivity contribution in [3.8, 4) is 17.2 Å². The second kappa shape index (κ2) is 9.99. The van der Waals surface area contributed by atoms with Gasteiger partial charge in [0, 0.05) is 30.8 Å². The Morgan fingerprint density at radius 2 is 2.00 bits per heavy atom. The lowest BCUT2D eigenvalue weighted by Crippen LogP contribution is -3.13. The van der Waals surface area contributed by atoms with E-state index in [1.165, 1.54) is 11.0 Å². The fourth-order valence-corrected chi connectivity index (χ4v) is 4.18. The lowest BCUT2D eigenvalue weighted by molar-refractivity contribution is -0.918. The van der Waals surface area contributed by atoms with E-state index >= 15 is 0 Å². The van der Waals surface area contributed by atoms with Crippen molar-refractivity contribution >= 4 is 11.9 Å². The summed E-state index contributed by atoms with van der Waals surface area (Å²) in [6.45, 7) is 4.85. The Balaban J connectivity index is 1.50. The highest BCUT2D eigenvalue weighted by atomic mass is 16.5. The minimum absolute atomic E-state index is 0.104. The molecule has 0 saturated carbocycles. The molecule has 2 N–H and O–H groups in total. The average Bonchev–Trinajstić information content (AvgIpc) is 3.13. The van der Waals surface area contributed by atoms with Crippen LogP contribution in [0.4, 0.5) is 0 Å². The zero-order valence-electron chi connectivity index (χ0n) is 18.2. The number of ketones is 1. The van der Waals surface area contributed by atoms with Crippen LogP contribution in [0.5, 0.6) is 17.2 Å². The van der Waals surface area contributed by atoms with E-state index in [1.54, 1.807) is 25.3 Å². The van der Waals surface area contributed by atoms with Crippen LogP contribution in [0, 0.1) is 0 Å². The molecule has 0 aliphatic carbocycles. The number of ether oxygens (including phenoxy) is 2. The number of fused-ring (bicyclic) bond motifs is 1. The van der Waals surface area contributed by atoms with E-state index in [2.05, 4.69) is 4.90 Å². The van der Waals surface area contributed by atoms with Gasteiger partial charge in [-0.15, -0.1) is 0 Å². The number of carbonyl (C=O) groups excluding carboxylic acids is 1. The molecule has 2 aromatic rings. The third-order valence-electron chi connectivity index (χ3n) is 5.97. The summed E-state index contributed by atoms with van der Waals surface area (Å²) < 4.78 is 11.2. The molecule has 0 aromatic heterocycles. The quantitative estimate of drug-likeness (QED) is 0.620. The van der Waals surface area contributed by atoms with Gasteiger partial charge in [0.2, 0.25) is 5.78 Å². The number of carbonyl (C=O) groups is 1. The van der Waals surface area contributed by atoms with Gasteiger partial charge in [0.05, 0.1) is 32.4 Å². The number of aliphatic hydroxyl groups excluding tert-OH is 1. The molecule has 168 valence electrons. The third kappa shape index (κ3) is 4.70. The number of methoxy groups -OCH3 is 1. The topological polar surface area (TPSA) is 86.5 Å². The average molecular weight is 437 g/mol. The first-order valence-electron chi connectivity index (χ1n) is 10.8. The minimum atomic E-state index is -0.214. The normalized spacial score (nSPS) is 18.3. The predicted molar refractivity (Wildman–Crippen MR) is 119 cm³/mol. The van der Waals surface area contributed by atoms with E-state index in [9.17, 15) is 9.90 Å². The van der Waals surface area contributed by atoms with Gasteiger partial charge in [-0.05, 0) is 18.2 Å². The molecule has 0 radical (unpaired) electrons. The van der Waals surface area contributed by atoms with Crippen LogP contribution >= 0.6 is 0 Å². The minimum Gasteiger partial charge on any atom is -0.872 e. The molecule has 0 amide bonds. The molecular formula is C25H28N2O5. The number of nitrogens with one attached hydrogen (secondary N) is 1. The molecule has 7 nitrogen and oxygen atoms in total. The van der Waals surface area contributed by atoms with Crippen molar-refractivity contribution in [3.05, 3.63) is 71.0 Å². The summed E-state index contributed by atoms with van der Waals surface area (Å²) in [5.74, 6) is 1.02. The molecule has 0 atom stereocenters. The first-order valence-corrected chi connectivity index (χ1v) is 10.8. The second-order valence-electron chi connectivity index (χ2n) is 7.97. The molecule has 7 heteroatoms. The number of piperazine rings is 1. The number of para-hydroxylation sites is 1. The summed E-state index contributed by atoms with van der Waals surface area (Å²) in [6.07, 6.45) is 5.23. The number of benzene rings is 2. The lowest BCUT2D eigenvalue weighted by atomic mass is 10.0. The van der Waals surface area contributed by atoms with Crippen LogP contribution in [0.3, 0.4) is 0 Å². The van der Waals surface area contributed by atoms with Crippen LogP contribution in [0.2, 0.25) is 0 Å². The van der Waals surface area contributed by atoms with Crippen LogP contribution in [-0.4, -0.2) is 62.2 Å². The van der Waals surface area contributed by atoms with Gasteiger partial charge in [0.1, 0.15) is 18.0 Å². The van der Waals surface area contributed by atoms with Gasteiger partial charge in [0.15, 0.2) is 5.76 Å². The maximum absolute atomic E-state index is 12.8. The van der Waals surface area contributed by atoms with Crippen LogP contribution in [0.1, 0.15) is 21.5 Å². The number of nitrogens with zero attached hydrogens (tertiary/aromatic N) is 1. The van der Waals surface area contributed by atoms with Crippen molar-refractivity contribution in [2.24, 2.45) is 0 Å². The van der Waals surface area contributed by atoms with Crippen LogP contribution in [0.15, 0.2) is 54.3 Å². The van der Waals surface area contributed by atoms with Crippen molar-refractivity contribution in [2.45, 2.75) is 6.54 Å².